The first-order chi connectivity index (χ1) is 6.50. The van der Waals surface area contributed by atoms with E-state index in [0.717, 1.165) is 5.56 Å². The van der Waals surface area contributed by atoms with Gasteiger partial charge in [-0.1, -0.05) is 6.07 Å². The monoisotopic (exact) mass is 211 g/mol. The maximum Gasteiger partial charge on any atom is 0.237 e. The van der Waals surface area contributed by atoms with E-state index in [4.69, 9.17) is 0 Å². The molecule has 0 radical (unpaired) electrons. The van der Waals surface area contributed by atoms with Gasteiger partial charge in [-0.3, -0.25) is 4.79 Å². The third-order valence-electron chi connectivity index (χ3n) is 1.79. The van der Waals surface area contributed by atoms with Gasteiger partial charge in [-0.15, -0.1) is 0 Å². The van der Waals surface area contributed by atoms with E-state index in [1.165, 1.54) is 0 Å². The highest BCUT2D eigenvalue weighted by Gasteiger charge is 2.10. The topological polar surface area (TPSA) is 49.3 Å². The van der Waals surface area contributed by atoms with Crippen molar-refractivity contribution in [3.05, 3.63) is 23.8 Å². The van der Waals surface area contributed by atoms with Crippen molar-refractivity contribution in [2.45, 2.75) is 19.1 Å². The second-order valence-electron chi connectivity index (χ2n) is 3.19. The summed E-state index contributed by atoms with van der Waals surface area (Å²) >= 11 is 3.99. The van der Waals surface area contributed by atoms with Crippen LogP contribution >= 0.6 is 12.6 Å². The Morgan fingerprint density at radius 1 is 1.57 bits per heavy atom. The molecule has 14 heavy (non-hydrogen) atoms. The number of phenols is 1. The van der Waals surface area contributed by atoms with E-state index in [9.17, 15) is 9.90 Å². The molecule has 0 heterocycles. The first kappa shape index (κ1) is 10.9. The molecule has 0 spiro atoms. The summed E-state index contributed by atoms with van der Waals surface area (Å²) in [6, 6.07) is 5.03. The van der Waals surface area contributed by atoms with Crippen LogP contribution in [0.5, 0.6) is 5.75 Å². The van der Waals surface area contributed by atoms with E-state index >= 15 is 0 Å². The molecule has 1 atom stereocenters. The van der Waals surface area contributed by atoms with Crippen molar-refractivity contribution in [1.29, 1.82) is 0 Å². The van der Waals surface area contributed by atoms with Crippen LogP contribution in [-0.4, -0.2) is 16.3 Å². The number of nitrogens with one attached hydrogen (secondary N) is 1. The van der Waals surface area contributed by atoms with Gasteiger partial charge >= 0.3 is 0 Å². The number of aryl methyl sites for hydroxylation is 1. The largest absolute Gasteiger partial charge is 0.506 e. The Morgan fingerprint density at radius 3 is 2.79 bits per heavy atom. The van der Waals surface area contributed by atoms with Crippen LogP contribution in [0.25, 0.3) is 0 Å². The maximum atomic E-state index is 11.3. The normalized spacial score (nSPS) is 12.2. The van der Waals surface area contributed by atoms with Crippen LogP contribution in [0.4, 0.5) is 5.69 Å². The molecule has 0 aliphatic carbocycles. The van der Waals surface area contributed by atoms with Crippen molar-refractivity contribution in [2.75, 3.05) is 5.32 Å². The molecule has 1 aromatic rings. The third kappa shape index (κ3) is 2.67. The molecular formula is C10H13NO2S. The second-order valence-corrected chi connectivity index (χ2v) is 3.96. The van der Waals surface area contributed by atoms with Gasteiger partial charge in [-0.2, -0.15) is 12.6 Å². The predicted molar refractivity (Wildman–Crippen MR) is 59.9 cm³/mol. The number of rotatable bonds is 2. The van der Waals surface area contributed by atoms with Crippen molar-refractivity contribution in [3.63, 3.8) is 0 Å². The van der Waals surface area contributed by atoms with Gasteiger partial charge in [0, 0.05) is 0 Å². The van der Waals surface area contributed by atoms with Crippen LogP contribution in [0.15, 0.2) is 18.2 Å². The molecule has 1 unspecified atom stereocenters. The summed E-state index contributed by atoms with van der Waals surface area (Å²) in [6.07, 6.45) is 0. The molecule has 0 aliphatic heterocycles. The number of anilines is 1. The Kier molecular flexibility index (Phi) is 3.41. The summed E-state index contributed by atoms with van der Waals surface area (Å²) in [5, 5.41) is 11.6. The van der Waals surface area contributed by atoms with E-state index in [2.05, 4.69) is 17.9 Å². The Hall–Kier alpha value is -1.16. The summed E-state index contributed by atoms with van der Waals surface area (Å²) in [4.78, 5) is 11.3. The fourth-order valence-electron chi connectivity index (χ4n) is 0.987. The van der Waals surface area contributed by atoms with E-state index < -0.39 is 5.25 Å². The van der Waals surface area contributed by atoms with Crippen molar-refractivity contribution >= 4 is 24.2 Å². The van der Waals surface area contributed by atoms with Crippen LogP contribution in [0.3, 0.4) is 0 Å². The molecule has 0 aromatic heterocycles. The minimum absolute atomic E-state index is 0.0675. The van der Waals surface area contributed by atoms with E-state index in [1.807, 2.05) is 6.92 Å². The average Bonchev–Trinajstić information content (AvgIpc) is 2.11. The number of carbonyl (C=O) groups excluding carboxylic acids is 1. The highest BCUT2D eigenvalue weighted by molar-refractivity contribution is 7.81. The molecule has 0 saturated heterocycles. The van der Waals surface area contributed by atoms with Crippen molar-refractivity contribution in [3.8, 4) is 5.75 Å². The molecule has 0 fully saturated rings. The van der Waals surface area contributed by atoms with Gasteiger partial charge in [0.1, 0.15) is 5.75 Å². The predicted octanol–water partition coefficient (Wildman–Crippen LogP) is 1.96. The summed E-state index contributed by atoms with van der Waals surface area (Å²) in [6.45, 7) is 3.56. The lowest BCUT2D eigenvalue weighted by Gasteiger charge is -2.09. The van der Waals surface area contributed by atoms with Crippen LogP contribution < -0.4 is 5.32 Å². The molecule has 0 aliphatic rings. The van der Waals surface area contributed by atoms with Crippen LogP contribution in [0.1, 0.15) is 12.5 Å². The van der Waals surface area contributed by atoms with Gasteiger partial charge in [0.2, 0.25) is 5.91 Å². The minimum atomic E-state index is -0.394. The highest BCUT2D eigenvalue weighted by atomic mass is 32.1. The van der Waals surface area contributed by atoms with Gasteiger partial charge in [0.05, 0.1) is 10.9 Å². The zero-order valence-electron chi connectivity index (χ0n) is 8.11. The zero-order chi connectivity index (χ0) is 10.7. The van der Waals surface area contributed by atoms with Crippen LogP contribution in [0.2, 0.25) is 0 Å². The second kappa shape index (κ2) is 4.37. The molecule has 1 aromatic carbocycles. The number of aromatic hydroxyl groups is 1. The summed E-state index contributed by atoms with van der Waals surface area (Å²) < 4.78 is 0. The Labute approximate surface area is 88.6 Å². The molecule has 76 valence electrons. The zero-order valence-corrected chi connectivity index (χ0v) is 9.01. The molecule has 2 N–H and O–H groups in total. The molecule has 4 heteroatoms. The lowest BCUT2D eigenvalue weighted by molar-refractivity contribution is -0.115. The number of thiol groups is 1. The molecule has 0 saturated carbocycles. The Morgan fingerprint density at radius 2 is 2.21 bits per heavy atom. The first-order valence-electron chi connectivity index (χ1n) is 4.29. The van der Waals surface area contributed by atoms with Gasteiger partial charge in [-0.05, 0) is 31.5 Å². The summed E-state index contributed by atoms with van der Waals surface area (Å²) in [5.74, 6) is -0.160. The third-order valence-corrected chi connectivity index (χ3v) is 2.02. The fourth-order valence-corrected chi connectivity index (χ4v) is 1.05. The number of benzene rings is 1. The van der Waals surface area contributed by atoms with Crippen LogP contribution in [0, 0.1) is 6.92 Å². The number of carbonyl (C=O) groups is 1. The molecule has 3 nitrogen and oxygen atoms in total. The van der Waals surface area contributed by atoms with Crippen molar-refractivity contribution in [1.82, 2.24) is 0 Å². The smallest absolute Gasteiger partial charge is 0.237 e. The van der Waals surface area contributed by atoms with Crippen LogP contribution in [-0.2, 0) is 4.79 Å². The molecule has 1 rings (SSSR count). The quantitative estimate of drug-likeness (QED) is 0.517. The summed E-state index contributed by atoms with van der Waals surface area (Å²) in [7, 11) is 0. The number of amides is 1. The molecule has 0 bridgehead atoms. The van der Waals surface area contributed by atoms with Gasteiger partial charge in [-0.25, -0.2) is 0 Å². The number of hydrogen-bond donors (Lipinski definition) is 3. The van der Waals surface area contributed by atoms with E-state index in [-0.39, 0.29) is 11.7 Å². The van der Waals surface area contributed by atoms with E-state index in [0.29, 0.717) is 5.69 Å². The number of phenolic OH excluding ortho intramolecular Hbond substituents is 1. The number of hydrogen-bond acceptors (Lipinski definition) is 3. The van der Waals surface area contributed by atoms with Crippen molar-refractivity contribution in [2.24, 2.45) is 0 Å². The average molecular weight is 211 g/mol. The van der Waals surface area contributed by atoms with Gasteiger partial charge in [0.15, 0.2) is 0 Å². The molecule has 1 amide bonds. The van der Waals surface area contributed by atoms with E-state index in [1.54, 1.807) is 25.1 Å². The molecular weight excluding hydrogens is 198 g/mol. The Bertz CT molecular complexity index is 350. The minimum Gasteiger partial charge on any atom is -0.506 e. The Balaban J connectivity index is 2.86. The van der Waals surface area contributed by atoms with Gasteiger partial charge in [0.25, 0.3) is 0 Å². The lowest BCUT2D eigenvalue weighted by Crippen LogP contribution is -2.20. The fraction of sp³-hybridized carbons (Fsp3) is 0.300. The highest BCUT2D eigenvalue weighted by Crippen LogP contribution is 2.24. The maximum absolute atomic E-state index is 11.3. The SMILES string of the molecule is Cc1ccc(O)c(NC(=O)C(C)S)c1. The van der Waals surface area contributed by atoms with Crippen molar-refractivity contribution < 1.29 is 9.90 Å². The lowest BCUT2D eigenvalue weighted by atomic mass is 10.2. The standard InChI is InChI=1S/C10H13NO2S/c1-6-3-4-9(12)8(5-6)11-10(13)7(2)14/h3-5,7,12,14H,1-2H3,(H,11,13). The first-order valence-corrected chi connectivity index (χ1v) is 4.81. The summed E-state index contributed by atoms with van der Waals surface area (Å²) in [5.41, 5.74) is 1.40. The van der Waals surface area contributed by atoms with Gasteiger partial charge < -0.3 is 10.4 Å².